The third kappa shape index (κ3) is 1.36. The molecule has 0 amide bonds. The first kappa shape index (κ1) is 9.71. The van der Waals surface area contributed by atoms with E-state index in [2.05, 4.69) is 0 Å². The number of hydrogen-bond acceptors (Lipinski definition) is 1. The van der Waals surface area contributed by atoms with Gasteiger partial charge in [0.2, 0.25) is 0 Å². The van der Waals surface area contributed by atoms with Crippen LogP contribution in [0.2, 0.25) is 5.02 Å². The van der Waals surface area contributed by atoms with Gasteiger partial charge in [0.15, 0.2) is 0 Å². The van der Waals surface area contributed by atoms with Crippen molar-refractivity contribution in [2.75, 3.05) is 6.61 Å². The Hall–Kier alpha value is -0.830. The molecule has 1 aromatic rings. The fourth-order valence-electron chi connectivity index (χ4n) is 1.60. The van der Waals surface area contributed by atoms with Crippen molar-refractivity contribution < 1.29 is 13.5 Å². The fourth-order valence-corrected chi connectivity index (χ4v) is 1.88. The molecule has 1 nitrogen and oxygen atoms in total. The van der Waals surface area contributed by atoms with Crippen LogP contribution in [0.5, 0.6) is 5.75 Å². The van der Waals surface area contributed by atoms with Gasteiger partial charge in [-0.05, 0) is 18.6 Å². The molecule has 4 heteroatoms. The minimum atomic E-state index is -2.86. The van der Waals surface area contributed by atoms with Gasteiger partial charge in [0.05, 0.1) is 23.6 Å². The van der Waals surface area contributed by atoms with Crippen LogP contribution in [0.4, 0.5) is 8.78 Å². The number of hydrogen-bond donors (Lipinski definition) is 0. The summed E-state index contributed by atoms with van der Waals surface area (Å²) in [6.07, 6.45) is -0.302. The molecular weight excluding hydrogens is 210 g/mol. The molecule has 1 aliphatic rings. The Balaban J connectivity index is 2.67. The summed E-state index contributed by atoms with van der Waals surface area (Å²) in [5.74, 6) is -2.62. The Morgan fingerprint density at radius 3 is 2.79 bits per heavy atom. The number of rotatable bonds is 0. The molecule has 0 radical (unpaired) electrons. The predicted molar refractivity (Wildman–Crippen MR) is 50.2 cm³/mol. The Labute approximate surface area is 85.6 Å². The second-order valence-electron chi connectivity index (χ2n) is 3.37. The summed E-state index contributed by atoms with van der Waals surface area (Å²) in [6, 6.07) is 3.17. The SMILES string of the molecule is Cc1ccc(Cl)c2c1OCCC2(F)F. The van der Waals surface area contributed by atoms with Crippen LogP contribution in [0.15, 0.2) is 12.1 Å². The lowest BCUT2D eigenvalue weighted by atomic mass is 9.99. The summed E-state index contributed by atoms with van der Waals surface area (Å²) in [4.78, 5) is 0. The van der Waals surface area contributed by atoms with Gasteiger partial charge in [-0.1, -0.05) is 17.7 Å². The minimum absolute atomic E-state index is 0.0428. The Kier molecular flexibility index (Phi) is 2.14. The third-order valence-electron chi connectivity index (χ3n) is 2.33. The van der Waals surface area contributed by atoms with Crippen LogP contribution >= 0.6 is 11.6 Å². The van der Waals surface area contributed by atoms with E-state index in [4.69, 9.17) is 16.3 Å². The minimum Gasteiger partial charge on any atom is -0.492 e. The maximum absolute atomic E-state index is 13.5. The first-order valence-corrected chi connectivity index (χ1v) is 4.70. The lowest BCUT2D eigenvalue weighted by molar-refractivity contribution is -0.0405. The zero-order valence-electron chi connectivity index (χ0n) is 7.61. The third-order valence-corrected chi connectivity index (χ3v) is 2.65. The number of benzene rings is 1. The van der Waals surface area contributed by atoms with Gasteiger partial charge in [-0.25, -0.2) is 8.78 Å². The molecule has 0 aromatic heterocycles. The van der Waals surface area contributed by atoms with Gasteiger partial charge in [-0.15, -0.1) is 0 Å². The fraction of sp³-hybridized carbons (Fsp3) is 0.400. The first-order chi connectivity index (χ1) is 6.52. The van der Waals surface area contributed by atoms with Crippen LogP contribution in [0.1, 0.15) is 17.5 Å². The Bertz CT molecular complexity index is 377. The lowest BCUT2D eigenvalue weighted by Gasteiger charge is -2.27. The van der Waals surface area contributed by atoms with Gasteiger partial charge in [0.1, 0.15) is 5.75 Å². The van der Waals surface area contributed by atoms with E-state index in [-0.39, 0.29) is 29.4 Å². The highest BCUT2D eigenvalue weighted by atomic mass is 35.5. The smallest absolute Gasteiger partial charge is 0.281 e. The highest BCUT2D eigenvalue weighted by Crippen LogP contribution is 2.46. The van der Waals surface area contributed by atoms with Gasteiger partial charge in [0, 0.05) is 0 Å². The molecule has 0 spiro atoms. The van der Waals surface area contributed by atoms with Crippen LogP contribution in [0.3, 0.4) is 0 Å². The second kappa shape index (κ2) is 3.09. The topological polar surface area (TPSA) is 9.23 Å². The molecule has 2 rings (SSSR count). The normalized spacial score (nSPS) is 18.6. The monoisotopic (exact) mass is 218 g/mol. The molecule has 0 saturated carbocycles. The zero-order chi connectivity index (χ0) is 10.3. The van der Waals surface area contributed by atoms with Crippen molar-refractivity contribution in [2.45, 2.75) is 19.3 Å². The van der Waals surface area contributed by atoms with E-state index >= 15 is 0 Å². The molecule has 0 fully saturated rings. The van der Waals surface area contributed by atoms with Crippen LogP contribution in [0, 0.1) is 6.92 Å². The standard InChI is InChI=1S/C10H9ClF2O/c1-6-2-3-7(11)8-9(6)14-5-4-10(8,12)13/h2-3H,4-5H2,1H3. The van der Waals surface area contributed by atoms with Gasteiger partial charge < -0.3 is 4.74 Å². The van der Waals surface area contributed by atoms with E-state index in [1.165, 1.54) is 6.07 Å². The van der Waals surface area contributed by atoms with E-state index in [9.17, 15) is 8.78 Å². The Morgan fingerprint density at radius 1 is 1.43 bits per heavy atom. The summed E-state index contributed by atoms with van der Waals surface area (Å²) in [6.45, 7) is 1.78. The van der Waals surface area contributed by atoms with Gasteiger partial charge in [0.25, 0.3) is 5.92 Å². The predicted octanol–water partition coefficient (Wildman–Crippen LogP) is 3.52. The summed E-state index contributed by atoms with van der Waals surface area (Å²) in [7, 11) is 0. The summed E-state index contributed by atoms with van der Waals surface area (Å²) in [5.41, 5.74) is 0.536. The highest BCUT2D eigenvalue weighted by molar-refractivity contribution is 6.31. The number of halogens is 3. The van der Waals surface area contributed by atoms with Crippen LogP contribution in [-0.2, 0) is 5.92 Å². The zero-order valence-corrected chi connectivity index (χ0v) is 8.37. The van der Waals surface area contributed by atoms with Crippen LogP contribution in [-0.4, -0.2) is 6.61 Å². The maximum Gasteiger partial charge on any atom is 0.281 e. The van der Waals surface area contributed by atoms with Crippen LogP contribution in [0.25, 0.3) is 0 Å². The average molecular weight is 219 g/mol. The molecule has 76 valence electrons. The lowest BCUT2D eigenvalue weighted by Crippen LogP contribution is -2.25. The largest absolute Gasteiger partial charge is 0.492 e. The average Bonchev–Trinajstić information content (AvgIpc) is 2.10. The quantitative estimate of drug-likeness (QED) is 0.647. The van der Waals surface area contributed by atoms with Crippen molar-refractivity contribution in [1.82, 2.24) is 0 Å². The molecule has 14 heavy (non-hydrogen) atoms. The number of fused-ring (bicyclic) bond motifs is 1. The molecule has 0 atom stereocenters. The molecule has 0 N–H and O–H groups in total. The van der Waals surface area contributed by atoms with E-state index < -0.39 is 5.92 Å². The van der Waals surface area contributed by atoms with E-state index in [1.54, 1.807) is 13.0 Å². The second-order valence-corrected chi connectivity index (χ2v) is 3.78. The summed E-state index contributed by atoms with van der Waals surface area (Å²) in [5, 5.41) is 0.0790. The van der Waals surface area contributed by atoms with Crippen molar-refractivity contribution in [3.63, 3.8) is 0 Å². The van der Waals surface area contributed by atoms with E-state index in [0.29, 0.717) is 5.56 Å². The molecule has 0 unspecified atom stereocenters. The van der Waals surface area contributed by atoms with Crippen molar-refractivity contribution in [3.8, 4) is 5.75 Å². The molecule has 0 bridgehead atoms. The Morgan fingerprint density at radius 2 is 2.14 bits per heavy atom. The molecule has 1 aromatic carbocycles. The maximum atomic E-state index is 13.5. The van der Waals surface area contributed by atoms with Crippen molar-refractivity contribution >= 4 is 11.6 Å². The van der Waals surface area contributed by atoms with Crippen molar-refractivity contribution in [2.24, 2.45) is 0 Å². The number of aryl methyl sites for hydroxylation is 1. The van der Waals surface area contributed by atoms with Crippen molar-refractivity contribution in [3.05, 3.63) is 28.3 Å². The number of ether oxygens (including phenoxy) is 1. The van der Waals surface area contributed by atoms with Gasteiger partial charge >= 0.3 is 0 Å². The van der Waals surface area contributed by atoms with Crippen LogP contribution < -0.4 is 4.74 Å². The molecule has 1 heterocycles. The van der Waals surface area contributed by atoms with Gasteiger partial charge in [-0.2, -0.15) is 0 Å². The summed E-state index contributed by atoms with van der Waals surface area (Å²) >= 11 is 5.74. The molecule has 0 aliphatic carbocycles. The highest BCUT2D eigenvalue weighted by Gasteiger charge is 2.40. The summed E-state index contributed by atoms with van der Waals surface area (Å²) < 4.78 is 32.2. The molecular formula is C10H9ClF2O. The molecule has 0 saturated heterocycles. The molecule has 1 aliphatic heterocycles. The van der Waals surface area contributed by atoms with E-state index in [0.717, 1.165) is 0 Å². The van der Waals surface area contributed by atoms with Crippen molar-refractivity contribution in [1.29, 1.82) is 0 Å². The first-order valence-electron chi connectivity index (χ1n) is 4.32. The van der Waals surface area contributed by atoms with Gasteiger partial charge in [-0.3, -0.25) is 0 Å². The van der Waals surface area contributed by atoms with E-state index in [1.807, 2.05) is 0 Å². The number of alkyl halides is 2.